The molecule has 0 aromatic rings. The van der Waals surface area contributed by atoms with E-state index in [1.54, 1.807) is 0 Å². The van der Waals surface area contributed by atoms with Crippen molar-refractivity contribution in [1.29, 1.82) is 0 Å². The van der Waals surface area contributed by atoms with Crippen LogP contribution < -0.4 is 0 Å². The first kappa shape index (κ1) is 24.9. The summed E-state index contributed by atoms with van der Waals surface area (Å²) in [6, 6.07) is 0.699. The van der Waals surface area contributed by atoms with Gasteiger partial charge in [-0.1, -0.05) is 61.8 Å². The molecular weight excluding hydrogens is 304 g/mol. The summed E-state index contributed by atoms with van der Waals surface area (Å²) < 4.78 is 0. The van der Waals surface area contributed by atoms with Crippen LogP contribution in [0.1, 0.15) is 101 Å². The second-order valence-corrected chi connectivity index (χ2v) is 10.7. The third-order valence-electron chi connectivity index (χ3n) is 6.01. The molecule has 0 fully saturated rings. The van der Waals surface area contributed by atoms with Crippen molar-refractivity contribution in [2.75, 3.05) is 27.2 Å². The first-order chi connectivity index (χ1) is 11.3. The smallest absolute Gasteiger partial charge is 0.0181 e. The van der Waals surface area contributed by atoms with Crippen LogP contribution in [-0.2, 0) is 0 Å². The first-order valence-electron chi connectivity index (χ1n) is 10.7. The predicted molar refractivity (Wildman–Crippen MR) is 115 cm³/mol. The molecule has 2 unspecified atom stereocenters. The van der Waals surface area contributed by atoms with E-state index in [0.717, 1.165) is 0 Å². The van der Waals surface area contributed by atoms with E-state index in [-0.39, 0.29) is 5.54 Å². The molecule has 0 spiro atoms. The second kappa shape index (κ2) is 10.3. The maximum absolute atomic E-state index is 2.65. The van der Waals surface area contributed by atoms with Crippen molar-refractivity contribution < 1.29 is 0 Å². The number of hydrogen-bond acceptors (Lipinski definition) is 2. The van der Waals surface area contributed by atoms with Crippen LogP contribution in [-0.4, -0.2) is 48.6 Å². The second-order valence-electron chi connectivity index (χ2n) is 10.7. The Labute approximate surface area is 160 Å². The van der Waals surface area contributed by atoms with Gasteiger partial charge in [0.1, 0.15) is 0 Å². The molecule has 0 amide bonds. The standard InChI is InChI=1S/C23H50N2/c1-12-15-16-24(10)20(13-2)17-22(7,8)19-25(11)23(9,14-3)18-21(4,5)6/h20H,12-19H2,1-11H3. The SMILES string of the molecule is CCCCN(C)C(CC)CC(C)(C)CN(C)C(C)(CC)CC(C)(C)C. The van der Waals surface area contributed by atoms with Gasteiger partial charge in [-0.3, -0.25) is 0 Å². The Balaban J connectivity index is 4.96. The molecule has 0 radical (unpaired) electrons. The number of unbranched alkanes of at least 4 members (excludes halogenated alkanes) is 1. The van der Waals surface area contributed by atoms with Gasteiger partial charge < -0.3 is 9.80 Å². The molecule has 0 bridgehead atoms. The fourth-order valence-electron chi connectivity index (χ4n) is 4.41. The Morgan fingerprint density at radius 2 is 1.44 bits per heavy atom. The third-order valence-corrected chi connectivity index (χ3v) is 6.01. The molecule has 0 rings (SSSR count). The molecule has 0 aliphatic rings. The minimum atomic E-state index is 0.283. The van der Waals surface area contributed by atoms with Crippen molar-refractivity contribution in [3.63, 3.8) is 0 Å². The van der Waals surface area contributed by atoms with Crippen LogP contribution in [0.2, 0.25) is 0 Å². The van der Waals surface area contributed by atoms with Gasteiger partial charge in [0.15, 0.2) is 0 Å². The molecule has 152 valence electrons. The van der Waals surface area contributed by atoms with Crippen molar-refractivity contribution in [3.05, 3.63) is 0 Å². The molecule has 0 heterocycles. The highest BCUT2D eigenvalue weighted by Gasteiger charge is 2.35. The van der Waals surface area contributed by atoms with Gasteiger partial charge in [-0.25, -0.2) is 0 Å². The van der Waals surface area contributed by atoms with E-state index in [1.807, 2.05) is 0 Å². The summed E-state index contributed by atoms with van der Waals surface area (Å²) in [5, 5.41) is 0. The van der Waals surface area contributed by atoms with Gasteiger partial charge in [-0.15, -0.1) is 0 Å². The monoisotopic (exact) mass is 354 g/mol. The van der Waals surface area contributed by atoms with Gasteiger partial charge in [-0.2, -0.15) is 0 Å². The summed E-state index contributed by atoms with van der Waals surface area (Å²) in [5.74, 6) is 0. The zero-order valence-corrected chi connectivity index (χ0v) is 19.6. The van der Waals surface area contributed by atoms with Crippen LogP contribution in [0.4, 0.5) is 0 Å². The van der Waals surface area contributed by atoms with E-state index in [9.17, 15) is 0 Å². The molecule has 2 nitrogen and oxygen atoms in total. The molecule has 0 N–H and O–H groups in total. The van der Waals surface area contributed by atoms with E-state index in [1.165, 1.54) is 51.6 Å². The molecule has 0 saturated heterocycles. The predicted octanol–water partition coefficient (Wildman–Crippen LogP) is 6.45. The van der Waals surface area contributed by atoms with Gasteiger partial charge in [-0.05, 0) is 70.5 Å². The van der Waals surface area contributed by atoms with E-state index in [4.69, 9.17) is 0 Å². The minimum Gasteiger partial charge on any atom is -0.303 e. The lowest BCUT2D eigenvalue weighted by Crippen LogP contribution is -2.50. The molecule has 2 heteroatoms. The number of hydrogen-bond donors (Lipinski definition) is 0. The van der Waals surface area contributed by atoms with Gasteiger partial charge in [0.2, 0.25) is 0 Å². The molecule has 0 aromatic carbocycles. The Morgan fingerprint density at radius 3 is 1.84 bits per heavy atom. The van der Waals surface area contributed by atoms with Crippen molar-refractivity contribution in [2.24, 2.45) is 10.8 Å². The van der Waals surface area contributed by atoms with Crippen LogP contribution in [0.3, 0.4) is 0 Å². The normalized spacial score (nSPS) is 17.2. The summed E-state index contributed by atoms with van der Waals surface area (Å²) >= 11 is 0. The topological polar surface area (TPSA) is 6.48 Å². The maximum Gasteiger partial charge on any atom is 0.0181 e. The molecule has 0 aliphatic carbocycles. The highest BCUT2D eigenvalue weighted by atomic mass is 15.2. The van der Waals surface area contributed by atoms with Gasteiger partial charge >= 0.3 is 0 Å². The van der Waals surface area contributed by atoms with Crippen molar-refractivity contribution in [3.8, 4) is 0 Å². The van der Waals surface area contributed by atoms with Crippen LogP contribution in [0.5, 0.6) is 0 Å². The molecular formula is C23H50N2. The Kier molecular flexibility index (Phi) is 10.3. The lowest BCUT2D eigenvalue weighted by molar-refractivity contribution is 0.0375. The molecule has 0 aliphatic heterocycles. The van der Waals surface area contributed by atoms with E-state index < -0.39 is 0 Å². The molecule has 0 saturated carbocycles. The molecule has 0 aromatic heterocycles. The summed E-state index contributed by atoms with van der Waals surface area (Å²) in [6.07, 6.45) is 7.59. The van der Waals surface area contributed by atoms with Crippen LogP contribution in [0.25, 0.3) is 0 Å². The van der Waals surface area contributed by atoms with Gasteiger partial charge in [0, 0.05) is 18.1 Å². The maximum atomic E-state index is 2.65. The van der Waals surface area contributed by atoms with Gasteiger partial charge in [0.25, 0.3) is 0 Å². The average molecular weight is 355 g/mol. The zero-order valence-electron chi connectivity index (χ0n) is 19.6. The highest BCUT2D eigenvalue weighted by molar-refractivity contribution is 4.91. The summed E-state index contributed by atoms with van der Waals surface area (Å²) in [5.41, 5.74) is 0.991. The quantitative estimate of drug-likeness (QED) is 0.397. The highest BCUT2D eigenvalue weighted by Crippen LogP contribution is 2.36. The summed E-state index contributed by atoms with van der Waals surface area (Å²) in [6.45, 7) is 23.9. The average Bonchev–Trinajstić information content (AvgIpc) is 2.47. The lowest BCUT2D eigenvalue weighted by Gasteiger charge is -2.46. The van der Waals surface area contributed by atoms with Crippen molar-refractivity contribution in [2.45, 2.75) is 112 Å². The third kappa shape index (κ3) is 9.43. The Morgan fingerprint density at radius 1 is 0.880 bits per heavy atom. The van der Waals surface area contributed by atoms with E-state index >= 15 is 0 Å². The largest absolute Gasteiger partial charge is 0.303 e. The van der Waals surface area contributed by atoms with Crippen LogP contribution in [0.15, 0.2) is 0 Å². The van der Waals surface area contributed by atoms with E-state index in [0.29, 0.717) is 16.9 Å². The molecule has 2 atom stereocenters. The fraction of sp³-hybridized carbons (Fsp3) is 1.00. The lowest BCUT2D eigenvalue weighted by atomic mass is 9.76. The van der Waals surface area contributed by atoms with E-state index in [2.05, 4.69) is 86.2 Å². The van der Waals surface area contributed by atoms with Gasteiger partial charge in [0.05, 0.1) is 0 Å². The fourth-order valence-corrected chi connectivity index (χ4v) is 4.41. The number of rotatable bonds is 12. The molecule has 25 heavy (non-hydrogen) atoms. The van der Waals surface area contributed by atoms with Crippen LogP contribution >= 0.6 is 0 Å². The first-order valence-corrected chi connectivity index (χ1v) is 10.7. The zero-order chi connectivity index (χ0) is 19.9. The van der Waals surface area contributed by atoms with Crippen LogP contribution in [0, 0.1) is 10.8 Å². The Hall–Kier alpha value is -0.0800. The number of nitrogens with zero attached hydrogens (tertiary/aromatic N) is 2. The summed E-state index contributed by atoms with van der Waals surface area (Å²) in [4.78, 5) is 5.25. The Bertz CT molecular complexity index is 356. The minimum absolute atomic E-state index is 0.283. The van der Waals surface area contributed by atoms with Crippen molar-refractivity contribution in [1.82, 2.24) is 9.80 Å². The van der Waals surface area contributed by atoms with Crippen molar-refractivity contribution >= 4 is 0 Å². The summed E-state index contributed by atoms with van der Waals surface area (Å²) in [7, 11) is 4.66.